The quantitative estimate of drug-likeness (QED) is 0.309. The van der Waals surface area contributed by atoms with Gasteiger partial charge in [-0.05, 0) is 71.5 Å². The van der Waals surface area contributed by atoms with E-state index in [9.17, 15) is 24.5 Å². The van der Waals surface area contributed by atoms with Crippen LogP contribution in [0.5, 0.6) is 11.5 Å². The Bertz CT molecular complexity index is 1130. The van der Waals surface area contributed by atoms with Gasteiger partial charge in [-0.1, -0.05) is 38.1 Å². The minimum Gasteiger partial charge on any atom is -0.508 e. The number of carbonyl (C=O) groups is 1. The Kier molecular flexibility index (Phi) is 8.26. The third-order valence-electron chi connectivity index (χ3n) is 5.70. The molecule has 4 N–H and O–H groups in total. The van der Waals surface area contributed by atoms with Crippen LogP contribution in [0.25, 0.3) is 11.1 Å². The van der Waals surface area contributed by atoms with Crippen molar-refractivity contribution in [2.45, 2.75) is 38.8 Å². The maximum atomic E-state index is 14.7. The second-order valence-corrected chi connectivity index (χ2v) is 8.53. The fraction of sp³-hybridized carbons (Fsp3) is 0.296. The predicted octanol–water partition coefficient (Wildman–Crippen LogP) is 5.11. The third kappa shape index (κ3) is 6.12. The van der Waals surface area contributed by atoms with E-state index in [4.69, 9.17) is 4.74 Å². The number of aliphatic hydroxyl groups excluding tert-OH is 1. The van der Waals surface area contributed by atoms with Crippen molar-refractivity contribution >= 4 is 5.97 Å². The second-order valence-electron chi connectivity index (χ2n) is 8.53. The van der Waals surface area contributed by atoms with Gasteiger partial charge in [-0.15, -0.1) is 0 Å². The first kappa shape index (κ1) is 25.2. The largest absolute Gasteiger partial charge is 0.508 e. The van der Waals surface area contributed by atoms with Gasteiger partial charge < -0.3 is 25.4 Å². The molecule has 7 heteroatoms. The second kappa shape index (κ2) is 11.1. The molecule has 0 unspecified atom stereocenters. The lowest BCUT2D eigenvalue weighted by atomic mass is 9.91. The molecule has 0 saturated heterocycles. The number of hydrogen-bond donors (Lipinski definition) is 4. The normalized spacial score (nSPS) is 13.0. The Morgan fingerprint density at radius 1 is 1.03 bits per heavy atom. The maximum Gasteiger partial charge on any atom is 0.335 e. The van der Waals surface area contributed by atoms with Crippen LogP contribution in [0.2, 0.25) is 0 Å². The number of benzene rings is 3. The number of rotatable bonds is 10. The highest BCUT2D eigenvalue weighted by atomic mass is 19.1. The molecular weight excluding hydrogens is 437 g/mol. The number of phenols is 1. The van der Waals surface area contributed by atoms with Crippen LogP contribution in [-0.4, -0.2) is 40.5 Å². The van der Waals surface area contributed by atoms with Crippen LogP contribution < -0.4 is 10.1 Å². The highest BCUT2D eigenvalue weighted by Crippen LogP contribution is 2.32. The molecule has 180 valence electrons. The van der Waals surface area contributed by atoms with E-state index < -0.39 is 17.9 Å². The summed E-state index contributed by atoms with van der Waals surface area (Å²) in [5, 5.41) is 32.2. The van der Waals surface area contributed by atoms with E-state index in [0.29, 0.717) is 17.7 Å². The van der Waals surface area contributed by atoms with Crippen LogP contribution in [0.1, 0.15) is 54.3 Å². The molecule has 0 aliphatic carbocycles. The van der Waals surface area contributed by atoms with Gasteiger partial charge in [0, 0.05) is 12.6 Å². The highest BCUT2D eigenvalue weighted by molar-refractivity contribution is 5.89. The van der Waals surface area contributed by atoms with Gasteiger partial charge in [0.15, 0.2) is 11.6 Å². The lowest BCUT2D eigenvalue weighted by Crippen LogP contribution is -2.35. The van der Waals surface area contributed by atoms with Crippen LogP contribution in [0.15, 0.2) is 60.7 Å². The number of ether oxygens (including phenoxy) is 1. The number of nitrogens with one attached hydrogen (secondary N) is 1. The van der Waals surface area contributed by atoms with E-state index in [2.05, 4.69) is 5.32 Å². The monoisotopic (exact) mass is 467 g/mol. The predicted molar refractivity (Wildman–Crippen MR) is 129 cm³/mol. The molecule has 6 nitrogen and oxygen atoms in total. The maximum absolute atomic E-state index is 14.7. The average Bonchev–Trinajstić information content (AvgIpc) is 2.82. The van der Waals surface area contributed by atoms with Crippen molar-refractivity contribution in [3.05, 3.63) is 83.2 Å². The van der Waals surface area contributed by atoms with Crippen LogP contribution in [0.3, 0.4) is 0 Å². The number of hydrogen-bond acceptors (Lipinski definition) is 5. The van der Waals surface area contributed by atoms with E-state index in [0.717, 1.165) is 11.1 Å². The summed E-state index contributed by atoms with van der Waals surface area (Å²) in [6.07, 6.45) is -0.765. The van der Waals surface area contributed by atoms with Crippen molar-refractivity contribution < 1.29 is 29.2 Å². The van der Waals surface area contributed by atoms with Gasteiger partial charge in [0.25, 0.3) is 0 Å². The number of halogens is 1. The Balaban J connectivity index is 1.61. The van der Waals surface area contributed by atoms with Crippen LogP contribution in [0, 0.1) is 5.82 Å². The van der Waals surface area contributed by atoms with Gasteiger partial charge in [0.05, 0.1) is 11.7 Å². The molecule has 34 heavy (non-hydrogen) atoms. The molecule has 0 aliphatic rings. The fourth-order valence-corrected chi connectivity index (χ4v) is 3.74. The smallest absolute Gasteiger partial charge is 0.335 e. The molecule has 0 saturated carbocycles. The van der Waals surface area contributed by atoms with E-state index in [1.807, 2.05) is 20.8 Å². The summed E-state index contributed by atoms with van der Waals surface area (Å²) in [4.78, 5) is 11.3. The first-order chi connectivity index (χ1) is 16.2. The summed E-state index contributed by atoms with van der Waals surface area (Å²) in [6.45, 7) is 6.35. The summed E-state index contributed by atoms with van der Waals surface area (Å²) < 4.78 is 20.3. The minimum atomic E-state index is -0.998. The van der Waals surface area contributed by atoms with E-state index in [1.165, 1.54) is 24.3 Å². The molecule has 0 aliphatic heterocycles. The zero-order valence-electron chi connectivity index (χ0n) is 19.5. The molecule has 0 amide bonds. The lowest BCUT2D eigenvalue weighted by Gasteiger charge is -2.21. The molecule has 0 radical (unpaired) electrons. The van der Waals surface area contributed by atoms with Crippen molar-refractivity contribution in [2.24, 2.45) is 0 Å². The van der Waals surface area contributed by atoms with E-state index >= 15 is 0 Å². The molecule has 0 heterocycles. The summed E-state index contributed by atoms with van der Waals surface area (Å²) in [5.41, 5.74) is 3.14. The van der Waals surface area contributed by atoms with Gasteiger partial charge in [-0.2, -0.15) is 0 Å². The SMILES string of the molecule is CC(C)c1cc(C(=O)O)ccc1-c1ccc(OCCN[C@H](C)[C@H](O)c2ccc(O)cc2)c(F)c1. The Morgan fingerprint density at radius 2 is 1.74 bits per heavy atom. The van der Waals surface area contributed by atoms with Crippen molar-refractivity contribution in [3.63, 3.8) is 0 Å². The zero-order chi connectivity index (χ0) is 24.8. The van der Waals surface area contributed by atoms with Crippen LogP contribution in [-0.2, 0) is 0 Å². The van der Waals surface area contributed by atoms with Gasteiger partial charge >= 0.3 is 5.97 Å². The van der Waals surface area contributed by atoms with Crippen LogP contribution in [0.4, 0.5) is 4.39 Å². The third-order valence-corrected chi connectivity index (χ3v) is 5.70. The number of aliphatic hydroxyl groups is 1. The molecule has 3 aromatic rings. The van der Waals surface area contributed by atoms with E-state index in [1.54, 1.807) is 36.4 Å². The summed E-state index contributed by atoms with van der Waals surface area (Å²) in [6, 6.07) is 15.6. The van der Waals surface area contributed by atoms with Gasteiger partial charge in [0.2, 0.25) is 0 Å². The number of carboxylic acid groups (broad SMARTS) is 1. The van der Waals surface area contributed by atoms with Gasteiger partial charge in [-0.25, -0.2) is 9.18 Å². The van der Waals surface area contributed by atoms with Crippen molar-refractivity contribution in [2.75, 3.05) is 13.2 Å². The van der Waals surface area contributed by atoms with Gasteiger partial charge in [0.1, 0.15) is 12.4 Å². The lowest BCUT2D eigenvalue weighted by molar-refractivity contribution is 0.0696. The van der Waals surface area contributed by atoms with Crippen molar-refractivity contribution in [3.8, 4) is 22.6 Å². The van der Waals surface area contributed by atoms with Crippen molar-refractivity contribution in [1.82, 2.24) is 5.32 Å². The zero-order valence-corrected chi connectivity index (χ0v) is 19.5. The fourth-order valence-electron chi connectivity index (χ4n) is 3.74. The minimum absolute atomic E-state index is 0.0679. The first-order valence-corrected chi connectivity index (χ1v) is 11.2. The molecule has 0 fully saturated rings. The van der Waals surface area contributed by atoms with Crippen molar-refractivity contribution in [1.29, 1.82) is 0 Å². The Morgan fingerprint density at radius 3 is 2.35 bits per heavy atom. The molecule has 2 atom stereocenters. The number of aromatic carboxylic acids is 1. The molecule has 0 bridgehead atoms. The summed E-state index contributed by atoms with van der Waals surface area (Å²) in [7, 11) is 0. The number of phenolic OH excluding ortho intramolecular Hbond substituents is 1. The van der Waals surface area contributed by atoms with E-state index in [-0.39, 0.29) is 35.6 Å². The molecule has 3 aromatic carbocycles. The van der Waals surface area contributed by atoms with Crippen LogP contribution >= 0.6 is 0 Å². The van der Waals surface area contributed by atoms with Gasteiger partial charge in [-0.3, -0.25) is 0 Å². The first-order valence-electron chi connectivity index (χ1n) is 11.2. The standard InChI is InChI=1S/C27H30FNO5/c1-16(2)23-14-20(27(32)33)6-10-22(23)19-7-11-25(24(28)15-19)34-13-12-29-17(3)26(31)18-4-8-21(30)9-5-18/h4-11,14-17,26,29-31H,12-13H2,1-3H3,(H,32,33)/t17-,26+/m1/s1. The Labute approximate surface area is 198 Å². The summed E-state index contributed by atoms with van der Waals surface area (Å²) in [5.74, 6) is -1.19. The topological polar surface area (TPSA) is 99.0 Å². The molecule has 0 aromatic heterocycles. The highest BCUT2D eigenvalue weighted by Gasteiger charge is 2.17. The number of carboxylic acids is 1. The average molecular weight is 468 g/mol. The molecular formula is C27H30FNO5. The molecule has 3 rings (SSSR count). The molecule has 0 spiro atoms. The summed E-state index contributed by atoms with van der Waals surface area (Å²) >= 11 is 0. The number of aromatic hydroxyl groups is 1. The Hall–Kier alpha value is -3.42.